The van der Waals surface area contributed by atoms with Gasteiger partial charge in [0.25, 0.3) is 0 Å². The Morgan fingerprint density at radius 2 is 1.95 bits per heavy atom. The molecule has 1 aliphatic heterocycles. The molecule has 5 heteroatoms. The Labute approximate surface area is 124 Å². The zero-order valence-corrected chi connectivity index (χ0v) is 12.4. The average molecular weight is 303 g/mol. The normalized spacial score (nSPS) is 30.9. The molecule has 20 heavy (non-hydrogen) atoms. The van der Waals surface area contributed by atoms with Gasteiger partial charge in [-0.15, -0.1) is 12.4 Å². The van der Waals surface area contributed by atoms with E-state index in [0.717, 1.165) is 25.1 Å². The van der Waals surface area contributed by atoms with Gasteiger partial charge in [-0.1, -0.05) is 6.07 Å². The first kappa shape index (κ1) is 15.7. The van der Waals surface area contributed by atoms with Gasteiger partial charge in [0.2, 0.25) is 0 Å². The van der Waals surface area contributed by atoms with Crippen LogP contribution in [0.15, 0.2) is 18.2 Å². The van der Waals surface area contributed by atoms with Crippen LogP contribution in [0.2, 0.25) is 0 Å². The highest BCUT2D eigenvalue weighted by Gasteiger charge is 2.42. The second-order valence-corrected chi connectivity index (χ2v) is 5.97. The number of benzene rings is 1. The van der Waals surface area contributed by atoms with Crippen molar-refractivity contribution in [2.45, 2.75) is 31.8 Å². The van der Waals surface area contributed by atoms with Gasteiger partial charge >= 0.3 is 0 Å². The lowest BCUT2D eigenvalue weighted by Crippen LogP contribution is -2.31. The molecule has 1 aromatic carbocycles. The van der Waals surface area contributed by atoms with Crippen LogP contribution in [0.1, 0.15) is 31.4 Å². The van der Waals surface area contributed by atoms with Crippen LogP contribution in [0, 0.1) is 23.5 Å². The Bertz CT molecular complexity index is 483. The van der Waals surface area contributed by atoms with E-state index in [4.69, 9.17) is 5.73 Å². The smallest absolute Gasteiger partial charge is 0.159 e. The molecule has 1 saturated heterocycles. The Morgan fingerprint density at radius 1 is 1.20 bits per heavy atom. The molecule has 0 bridgehead atoms. The van der Waals surface area contributed by atoms with Crippen molar-refractivity contribution in [2.24, 2.45) is 17.6 Å². The van der Waals surface area contributed by atoms with Crippen molar-refractivity contribution in [1.29, 1.82) is 0 Å². The van der Waals surface area contributed by atoms with E-state index in [-0.39, 0.29) is 18.4 Å². The predicted molar refractivity (Wildman–Crippen MR) is 77.8 cm³/mol. The first-order valence-corrected chi connectivity index (χ1v) is 7.01. The summed E-state index contributed by atoms with van der Waals surface area (Å²) < 4.78 is 26.3. The fourth-order valence-corrected chi connectivity index (χ4v) is 3.64. The summed E-state index contributed by atoms with van der Waals surface area (Å²) >= 11 is 0. The number of hydrogen-bond acceptors (Lipinski definition) is 2. The summed E-state index contributed by atoms with van der Waals surface area (Å²) in [6, 6.07) is 4.63. The van der Waals surface area contributed by atoms with Crippen LogP contribution in [0.4, 0.5) is 8.78 Å². The van der Waals surface area contributed by atoms with Crippen LogP contribution >= 0.6 is 12.4 Å². The van der Waals surface area contributed by atoms with Crippen molar-refractivity contribution < 1.29 is 8.78 Å². The highest BCUT2D eigenvalue weighted by Crippen LogP contribution is 2.40. The topological polar surface area (TPSA) is 29.3 Å². The Balaban J connectivity index is 0.00000147. The lowest BCUT2D eigenvalue weighted by Gasteiger charge is -2.26. The molecular formula is C15H21ClF2N2. The zero-order chi connectivity index (χ0) is 13.6. The van der Waals surface area contributed by atoms with Gasteiger partial charge in [-0.05, 0) is 49.3 Å². The van der Waals surface area contributed by atoms with Gasteiger partial charge < -0.3 is 5.73 Å². The van der Waals surface area contributed by atoms with Crippen molar-refractivity contribution in [3.05, 3.63) is 35.4 Å². The number of halogens is 3. The molecule has 1 heterocycles. The maximum absolute atomic E-state index is 13.3. The molecule has 1 aliphatic carbocycles. The molecule has 2 N–H and O–H groups in total. The molecule has 0 aromatic heterocycles. The maximum Gasteiger partial charge on any atom is 0.159 e. The van der Waals surface area contributed by atoms with Crippen LogP contribution in [0.5, 0.6) is 0 Å². The van der Waals surface area contributed by atoms with E-state index < -0.39 is 11.6 Å². The van der Waals surface area contributed by atoms with Gasteiger partial charge in [0, 0.05) is 25.2 Å². The summed E-state index contributed by atoms with van der Waals surface area (Å²) in [6.07, 6.45) is 2.33. The first-order valence-electron chi connectivity index (χ1n) is 7.01. The second-order valence-electron chi connectivity index (χ2n) is 5.97. The summed E-state index contributed by atoms with van der Waals surface area (Å²) in [5.41, 5.74) is 6.97. The molecule has 2 nitrogen and oxygen atoms in total. The quantitative estimate of drug-likeness (QED) is 0.909. The molecule has 112 valence electrons. The fraction of sp³-hybridized carbons (Fsp3) is 0.600. The molecule has 4 unspecified atom stereocenters. The van der Waals surface area contributed by atoms with E-state index in [1.807, 2.05) is 0 Å². The third-order valence-electron chi connectivity index (χ3n) is 4.91. The Hall–Kier alpha value is -0.710. The molecular weight excluding hydrogens is 282 g/mol. The Kier molecular flexibility index (Phi) is 4.67. The zero-order valence-electron chi connectivity index (χ0n) is 11.6. The van der Waals surface area contributed by atoms with Crippen molar-refractivity contribution in [1.82, 2.24) is 4.90 Å². The molecule has 0 spiro atoms. The minimum atomic E-state index is -0.781. The predicted octanol–water partition coefficient (Wildman–Crippen LogP) is 3.12. The molecule has 2 aliphatic rings. The molecule has 0 radical (unpaired) electrons. The third kappa shape index (κ3) is 2.69. The number of nitrogens with two attached hydrogens (primary N) is 1. The van der Waals surface area contributed by atoms with E-state index in [1.54, 1.807) is 6.07 Å². The van der Waals surface area contributed by atoms with E-state index in [9.17, 15) is 8.78 Å². The highest BCUT2D eigenvalue weighted by atomic mass is 35.5. The SMILES string of the molecule is CC(c1ccc(F)c(F)c1)N1CC2CCC(N)C2C1.Cl. The summed E-state index contributed by atoms with van der Waals surface area (Å²) in [5, 5.41) is 0. The standard InChI is InChI=1S/C15H20F2N2.ClH/c1-9(10-2-4-13(16)14(17)6-10)19-7-11-3-5-15(18)12(11)8-19;/h2,4,6,9,11-12,15H,3,5,7-8,18H2,1H3;1H. The molecule has 4 atom stereocenters. The van der Waals surface area contributed by atoms with Crippen LogP contribution in [0.25, 0.3) is 0 Å². The van der Waals surface area contributed by atoms with Crippen LogP contribution in [0.3, 0.4) is 0 Å². The molecule has 1 saturated carbocycles. The molecule has 3 rings (SSSR count). The van der Waals surface area contributed by atoms with Gasteiger partial charge in [-0.2, -0.15) is 0 Å². The number of hydrogen-bond donors (Lipinski definition) is 1. The summed E-state index contributed by atoms with van der Waals surface area (Å²) in [7, 11) is 0. The summed E-state index contributed by atoms with van der Waals surface area (Å²) in [4.78, 5) is 2.35. The number of fused-ring (bicyclic) bond motifs is 1. The van der Waals surface area contributed by atoms with E-state index in [2.05, 4.69) is 11.8 Å². The minimum absolute atomic E-state index is 0. The van der Waals surface area contributed by atoms with E-state index >= 15 is 0 Å². The lowest BCUT2D eigenvalue weighted by molar-refractivity contribution is 0.238. The monoisotopic (exact) mass is 302 g/mol. The van der Waals surface area contributed by atoms with Crippen molar-refractivity contribution in [3.8, 4) is 0 Å². The van der Waals surface area contributed by atoms with Crippen molar-refractivity contribution in [2.75, 3.05) is 13.1 Å². The molecule has 2 fully saturated rings. The number of rotatable bonds is 2. The fourth-order valence-electron chi connectivity index (χ4n) is 3.64. The Morgan fingerprint density at radius 3 is 2.60 bits per heavy atom. The largest absolute Gasteiger partial charge is 0.327 e. The number of likely N-dealkylation sites (tertiary alicyclic amines) is 1. The van der Waals surface area contributed by atoms with Gasteiger partial charge in [0.1, 0.15) is 0 Å². The van der Waals surface area contributed by atoms with Gasteiger partial charge in [0.05, 0.1) is 0 Å². The average Bonchev–Trinajstić information content (AvgIpc) is 2.95. The molecule has 1 aromatic rings. The third-order valence-corrected chi connectivity index (χ3v) is 4.91. The lowest BCUT2D eigenvalue weighted by atomic mass is 9.98. The van der Waals surface area contributed by atoms with Gasteiger partial charge in [0.15, 0.2) is 11.6 Å². The first-order chi connectivity index (χ1) is 9.06. The van der Waals surface area contributed by atoms with E-state index in [1.165, 1.54) is 18.6 Å². The van der Waals surface area contributed by atoms with Crippen molar-refractivity contribution >= 4 is 12.4 Å². The summed E-state index contributed by atoms with van der Waals surface area (Å²) in [5.74, 6) is -0.285. The second kappa shape index (κ2) is 5.96. The van der Waals surface area contributed by atoms with Gasteiger partial charge in [-0.3, -0.25) is 4.90 Å². The van der Waals surface area contributed by atoms with Crippen LogP contribution < -0.4 is 5.73 Å². The van der Waals surface area contributed by atoms with E-state index in [0.29, 0.717) is 17.9 Å². The molecule has 0 amide bonds. The van der Waals surface area contributed by atoms with Crippen LogP contribution in [-0.4, -0.2) is 24.0 Å². The van der Waals surface area contributed by atoms with Crippen LogP contribution in [-0.2, 0) is 0 Å². The minimum Gasteiger partial charge on any atom is -0.327 e. The maximum atomic E-state index is 13.3. The van der Waals surface area contributed by atoms with Gasteiger partial charge in [-0.25, -0.2) is 8.78 Å². The van der Waals surface area contributed by atoms with Crippen molar-refractivity contribution in [3.63, 3.8) is 0 Å². The number of nitrogens with zero attached hydrogens (tertiary/aromatic N) is 1. The highest BCUT2D eigenvalue weighted by molar-refractivity contribution is 5.85. The summed E-state index contributed by atoms with van der Waals surface area (Å²) in [6.45, 7) is 4.06.